The van der Waals surface area contributed by atoms with E-state index in [0.717, 1.165) is 17.9 Å². The number of methoxy groups -OCH3 is 1. The standard InChI is InChI=1S/C18H20N2O3/c1-22-12-23-15-7-5-13(6-8-15)16-10-17(16)18(21)20-11-14-4-2-3-9-19-14/h2-9,16-17H,10-12H2,1H3,(H,20,21). The number of aromatic nitrogens is 1. The van der Waals surface area contributed by atoms with Gasteiger partial charge in [0.25, 0.3) is 0 Å². The van der Waals surface area contributed by atoms with Gasteiger partial charge < -0.3 is 14.8 Å². The molecule has 0 spiro atoms. The lowest BCUT2D eigenvalue weighted by atomic mass is 10.1. The molecule has 0 bridgehead atoms. The van der Waals surface area contributed by atoms with Crippen LogP contribution in [-0.4, -0.2) is 24.8 Å². The number of nitrogens with zero attached hydrogens (tertiary/aromatic N) is 1. The molecular weight excluding hydrogens is 292 g/mol. The Bertz CT molecular complexity index is 643. The van der Waals surface area contributed by atoms with Crippen molar-refractivity contribution in [1.29, 1.82) is 0 Å². The Morgan fingerprint density at radius 1 is 1.26 bits per heavy atom. The zero-order valence-electron chi connectivity index (χ0n) is 13.1. The fraction of sp³-hybridized carbons (Fsp3) is 0.333. The first-order chi connectivity index (χ1) is 11.3. The van der Waals surface area contributed by atoms with Crippen molar-refractivity contribution in [3.05, 3.63) is 59.9 Å². The summed E-state index contributed by atoms with van der Waals surface area (Å²) in [7, 11) is 1.59. The van der Waals surface area contributed by atoms with Crippen molar-refractivity contribution in [3.63, 3.8) is 0 Å². The predicted molar refractivity (Wildman–Crippen MR) is 85.9 cm³/mol. The minimum absolute atomic E-state index is 0.0597. The third kappa shape index (κ3) is 4.07. The number of hydrogen-bond acceptors (Lipinski definition) is 4. The highest BCUT2D eigenvalue weighted by molar-refractivity contribution is 5.82. The van der Waals surface area contributed by atoms with Crippen LogP contribution in [0.5, 0.6) is 5.75 Å². The van der Waals surface area contributed by atoms with Crippen LogP contribution in [0, 0.1) is 5.92 Å². The van der Waals surface area contributed by atoms with Crippen LogP contribution in [0.15, 0.2) is 48.7 Å². The normalized spacial score (nSPS) is 19.2. The molecule has 1 heterocycles. The second-order valence-corrected chi connectivity index (χ2v) is 5.61. The third-order valence-corrected chi connectivity index (χ3v) is 3.95. The highest BCUT2D eigenvalue weighted by atomic mass is 16.7. The molecule has 0 saturated heterocycles. The number of carbonyl (C=O) groups is 1. The van der Waals surface area contributed by atoms with Crippen LogP contribution in [0.3, 0.4) is 0 Å². The fourth-order valence-corrected chi connectivity index (χ4v) is 2.60. The summed E-state index contributed by atoms with van der Waals surface area (Å²) in [5.74, 6) is 1.23. The zero-order valence-corrected chi connectivity index (χ0v) is 13.1. The largest absolute Gasteiger partial charge is 0.468 e. The molecule has 5 nitrogen and oxygen atoms in total. The smallest absolute Gasteiger partial charge is 0.224 e. The zero-order chi connectivity index (χ0) is 16.1. The van der Waals surface area contributed by atoms with E-state index in [1.165, 1.54) is 5.56 Å². The van der Waals surface area contributed by atoms with E-state index in [9.17, 15) is 4.79 Å². The SMILES string of the molecule is COCOc1ccc(C2CC2C(=O)NCc2ccccn2)cc1. The molecule has 2 aromatic rings. The maximum absolute atomic E-state index is 12.2. The van der Waals surface area contributed by atoms with Gasteiger partial charge in [0.05, 0.1) is 12.2 Å². The molecule has 1 amide bonds. The van der Waals surface area contributed by atoms with Gasteiger partial charge in [0, 0.05) is 19.2 Å². The second kappa shape index (κ2) is 7.24. The van der Waals surface area contributed by atoms with Gasteiger partial charge in [-0.15, -0.1) is 0 Å². The van der Waals surface area contributed by atoms with Gasteiger partial charge in [-0.3, -0.25) is 9.78 Å². The number of ether oxygens (including phenoxy) is 2. The van der Waals surface area contributed by atoms with Crippen LogP contribution in [-0.2, 0) is 16.1 Å². The van der Waals surface area contributed by atoms with E-state index in [0.29, 0.717) is 12.5 Å². The number of rotatable bonds is 7. The monoisotopic (exact) mass is 312 g/mol. The molecule has 0 radical (unpaired) electrons. The van der Waals surface area contributed by atoms with Crippen molar-refractivity contribution < 1.29 is 14.3 Å². The molecule has 1 aromatic carbocycles. The van der Waals surface area contributed by atoms with Crippen LogP contribution < -0.4 is 10.1 Å². The minimum atomic E-state index is 0.0597. The van der Waals surface area contributed by atoms with Gasteiger partial charge in [0.1, 0.15) is 5.75 Å². The van der Waals surface area contributed by atoms with Crippen molar-refractivity contribution in [3.8, 4) is 5.75 Å². The lowest BCUT2D eigenvalue weighted by Crippen LogP contribution is -2.25. The Hall–Kier alpha value is -2.40. The second-order valence-electron chi connectivity index (χ2n) is 5.61. The fourth-order valence-electron chi connectivity index (χ4n) is 2.60. The Kier molecular flexibility index (Phi) is 4.88. The van der Waals surface area contributed by atoms with E-state index < -0.39 is 0 Å². The summed E-state index contributed by atoms with van der Waals surface area (Å²) < 4.78 is 10.2. The molecule has 1 aromatic heterocycles. The molecule has 23 heavy (non-hydrogen) atoms. The van der Waals surface area contributed by atoms with Gasteiger partial charge in [-0.2, -0.15) is 0 Å². The number of hydrogen-bond donors (Lipinski definition) is 1. The van der Waals surface area contributed by atoms with Crippen LogP contribution in [0.2, 0.25) is 0 Å². The number of carbonyl (C=O) groups excluding carboxylic acids is 1. The highest BCUT2D eigenvalue weighted by Crippen LogP contribution is 2.47. The van der Waals surface area contributed by atoms with E-state index in [1.54, 1.807) is 13.3 Å². The molecule has 1 saturated carbocycles. The number of nitrogens with one attached hydrogen (secondary N) is 1. The summed E-state index contributed by atoms with van der Waals surface area (Å²) >= 11 is 0. The van der Waals surface area contributed by atoms with Gasteiger partial charge in [-0.25, -0.2) is 0 Å². The molecule has 2 atom stereocenters. The van der Waals surface area contributed by atoms with Crippen LogP contribution in [0.4, 0.5) is 0 Å². The Morgan fingerprint density at radius 2 is 2.09 bits per heavy atom. The third-order valence-electron chi connectivity index (χ3n) is 3.95. The first kappa shape index (κ1) is 15.5. The van der Waals surface area contributed by atoms with Crippen molar-refractivity contribution in [2.45, 2.75) is 18.9 Å². The predicted octanol–water partition coefficient (Wildman–Crippen LogP) is 2.48. The van der Waals surface area contributed by atoms with Crippen LogP contribution >= 0.6 is 0 Å². The van der Waals surface area contributed by atoms with Gasteiger partial charge in [0.2, 0.25) is 5.91 Å². The molecular formula is C18H20N2O3. The van der Waals surface area contributed by atoms with Gasteiger partial charge in [-0.05, 0) is 42.2 Å². The first-order valence-electron chi connectivity index (χ1n) is 7.67. The Labute approximate surface area is 135 Å². The molecule has 1 N–H and O–H groups in total. The molecule has 1 fully saturated rings. The van der Waals surface area contributed by atoms with Crippen LogP contribution in [0.1, 0.15) is 23.6 Å². The van der Waals surface area contributed by atoms with Crippen molar-refractivity contribution in [1.82, 2.24) is 10.3 Å². The first-order valence-corrected chi connectivity index (χ1v) is 7.67. The summed E-state index contributed by atoms with van der Waals surface area (Å²) in [6.07, 6.45) is 2.63. The average Bonchev–Trinajstić information content (AvgIpc) is 3.40. The lowest BCUT2D eigenvalue weighted by molar-refractivity contribution is -0.122. The van der Waals surface area contributed by atoms with E-state index >= 15 is 0 Å². The molecule has 2 unspecified atom stereocenters. The summed E-state index contributed by atoms with van der Waals surface area (Å²) in [6.45, 7) is 0.716. The van der Waals surface area contributed by atoms with E-state index in [4.69, 9.17) is 9.47 Å². The summed E-state index contributed by atoms with van der Waals surface area (Å²) in [4.78, 5) is 16.4. The minimum Gasteiger partial charge on any atom is -0.468 e. The molecule has 5 heteroatoms. The Morgan fingerprint density at radius 3 is 2.78 bits per heavy atom. The summed E-state index contributed by atoms with van der Waals surface area (Å²) in [6, 6.07) is 13.5. The van der Waals surface area contributed by atoms with Crippen molar-refractivity contribution >= 4 is 5.91 Å². The molecule has 120 valence electrons. The molecule has 1 aliphatic carbocycles. The summed E-state index contributed by atoms with van der Waals surface area (Å²) in [5.41, 5.74) is 2.05. The Balaban J connectivity index is 1.49. The van der Waals surface area contributed by atoms with Gasteiger partial charge >= 0.3 is 0 Å². The number of amides is 1. The van der Waals surface area contributed by atoms with Crippen LogP contribution in [0.25, 0.3) is 0 Å². The van der Waals surface area contributed by atoms with E-state index in [1.807, 2.05) is 42.5 Å². The number of pyridine rings is 1. The van der Waals surface area contributed by atoms with Crippen molar-refractivity contribution in [2.75, 3.05) is 13.9 Å². The highest BCUT2D eigenvalue weighted by Gasteiger charge is 2.43. The maximum Gasteiger partial charge on any atom is 0.224 e. The van der Waals surface area contributed by atoms with Crippen molar-refractivity contribution in [2.24, 2.45) is 5.92 Å². The van der Waals surface area contributed by atoms with Gasteiger partial charge in [0.15, 0.2) is 6.79 Å². The summed E-state index contributed by atoms with van der Waals surface area (Å²) in [5, 5.41) is 2.96. The quantitative estimate of drug-likeness (QED) is 0.798. The molecule has 1 aliphatic rings. The average molecular weight is 312 g/mol. The van der Waals surface area contributed by atoms with E-state index in [-0.39, 0.29) is 18.6 Å². The number of benzene rings is 1. The lowest BCUT2D eigenvalue weighted by Gasteiger charge is -2.06. The molecule has 0 aliphatic heterocycles. The van der Waals surface area contributed by atoms with Gasteiger partial charge in [-0.1, -0.05) is 18.2 Å². The maximum atomic E-state index is 12.2. The molecule has 3 rings (SSSR count). The topological polar surface area (TPSA) is 60.5 Å². The van der Waals surface area contributed by atoms with E-state index in [2.05, 4.69) is 10.3 Å².